The first kappa shape index (κ1) is 11.2. The maximum Gasteiger partial charge on any atom is 0.245 e. The molecule has 1 fully saturated rings. The number of anilines is 1. The molecule has 0 bridgehead atoms. The summed E-state index contributed by atoms with van der Waals surface area (Å²) in [7, 11) is 1.61. The van der Waals surface area contributed by atoms with Gasteiger partial charge in [0, 0.05) is 7.05 Å². The van der Waals surface area contributed by atoms with Crippen LogP contribution in [0.1, 0.15) is 6.23 Å². The van der Waals surface area contributed by atoms with Crippen molar-refractivity contribution in [2.75, 3.05) is 19.0 Å². The second-order valence-electron chi connectivity index (χ2n) is 3.43. The van der Waals surface area contributed by atoms with Crippen molar-refractivity contribution in [1.29, 1.82) is 0 Å². The van der Waals surface area contributed by atoms with Gasteiger partial charge in [0.1, 0.15) is 18.3 Å². The van der Waals surface area contributed by atoms with E-state index in [1.807, 2.05) is 0 Å². The van der Waals surface area contributed by atoms with Gasteiger partial charge in [-0.25, -0.2) is 0 Å². The van der Waals surface area contributed by atoms with Crippen LogP contribution >= 0.6 is 0 Å². The molecule has 1 saturated heterocycles. The van der Waals surface area contributed by atoms with Gasteiger partial charge in [0.2, 0.25) is 5.95 Å². The third-order valence-electron chi connectivity index (χ3n) is 2.47. The second-order valence-corrected chi connectivity index (χ2v) is 3.43. The van der Waals surface area contributed by atoms with Crippen molar-refractivity contribution in [2.45, 2.75) is 24.5 Å². The van der Waals surface area contributed by atoms with Gasteiger partial charge in [0.25, 0.3) is 0 Å². The van der Waals surface area contributed by atoms with E-state index in [9.17, 15) is 10.2 Å². The largest absolute Gasteiger partial charge is 0.394 e. The Balaban J connectivity index is 2.22. The van der Waals surface area contributed by atoms with Crippen LogP contribution in [0.15, 0.2) is 0 Å². The van der Waals surface area contributed by atoms with Gasteiger partial charge < -0.3 is 25.4 Å². The molecule has 0 aromatic carbocycles. The van der Waals surface area contributed by atoms with Crippen molar-refractivity contribution in [3.63, 3.8) is 0 Å². The molecule has 4 atom stereocenters. The van der Waals surface area contributed by atoms with Gasteiger partial charge in [0.15, 0.2) is 6.23 Å². The summed E-state index contributed by atoms with van der Waals surface area (Å²) in [6.45, 7) is -0.383. The minimum absolute atomic E-state index is 0.301. The molecule has 1 aliphatic rings. The Kier molecular flexibility index (Phi) is 3.01. The first-order valence-electron chi connectivity index (χ1n) is 4.77. The van der Waals surface area contributed by atoms with Gasteiger partial charge in [-0.2, -0.15) is 4.68 Å². The molecule has 0 amide bonds. The van der Waals surface area contributed by atoms with Crippen LogP contribution < -0.4 is 5.32 Å². The van der Waals surface area contributed by atoms with Crippen molar-refractivity contribution in [1.82, 2.24) is 20.2 Å². The maximum atomic E-state index is 9.72. The monoisotopic (exact) mass is 231 g/mol. The number of aliphatic hydroxyl groups excluding tert-OH is 3. The third kappa shape index (κ3) is 1.63. The Morgan fingerprint density at radius 1 is 1.44 bits per heavy atom. The normalized spacial score (nSPS) is 34.2. The molecule has 2 heterocycles. The van der Waals surface area contributed by atoms with E-state index in [1.165, 1.54) is 4.68 Å². The molecule has 4 N–H and O–H groups in total. The Morgan fingerprint density at radius 2 is 2.19 bits per heavy atom. The summed E-state index contributed by atoms with van der Waals surface area (Å²) in [4.78, 5) is 0. The average Bonchev–Trinajstić information content (AvgIpc) is 2.86. The fraction of sp³-hybridized carbons (Fsp3) is 0.857. The zero-order valence-corrected chi connectivity index (χ0v) is 8.56. The highest BCUT2D eigenvalue weighted by molar-refractivity contribution is 5.20. The SMILES string of the molecule is CNc1nnnn1[C@@H]1O[C@@H](CO)[C@@H](O)[C@@H]1O. The highest BCUT2D eigenvalue weighted by atomic mass is 16.6. The predicted molar refractivity (Wildman–Crippen MR) is 50.4 cm³/mol. The average molecular weight is 231 g/mol. The van der Waals surface area contributed by atoms with Crippen LogP contribution in [0.5, 0.6) is 0 Å². The van der Waals surface area contributed by atoms with E-state index in [0.717, 1.165) is 0 Å². The van der Waals surface area contributed by atoms with Gasteiger partial charge >= 0.3 is 0 Å². The molecular weight excluding hydrogens is 218 g/mol. The van der Waals surface area contributed by atoms with E-state index in [2.05, 4.69) is 20.8 Å². The van der Waals surface area contributed by atoms with Gasteiger partial charge in [0.05, 0.1) is 6.61 Å². The smallest absolute Gasteiger partial charge is 0.245 e. The highest BCUT2D eigenvalue weighted by Crippen LogP contribution is 2.29. The molecule has 16 heavy (non-hydrogen) atoms. The van der Waals surface area contributed by atoms with Crippen molar-refractivity contribution >= 4 is 5.95 Å². The van der Waals surface area contributed by atoms with Crippen molar-refractivity contribution < 1.29 is 20.1 Å². The molecule has 0 unspecified atom stereocenters. The van der Waals surface area contributed by atoms with Crippen molar-refractivity contribution in [3.05, 3.63) is 0 Å². The van der Waals surface area contributed by atoms with Crippen LogP contribution in [-0.2, 0) is 4.74 Å². The number of nitrogens with one attached hydrogen (secondary N) is 1. The Bertz CT molecular complexity index is 358. The lowest BCUT2D eigenvalue weighted by Crippen LogP contribution is -2.33. The molecule has 9 heteroatoms. The number of rotatable bonds is 3. The summed E-state index contributed by atoms with van der Waals surface area (Å²) in [5, 5.41) is 41.6. The molecule has 1 aromatic rings. The van der Waals surface area contributed by atoms with Crippen LogP contribution in [0, 0.1) is 0 Å². The summed E-state index contributed by atoms with van der Waals surface area (Å²) < 4.78 is 6.46. The Labute approximate surface area is 90.6 Å². The Morgan fingerprint density at radius 3 is 2.75 bits per heavy atom. The predicted octanol–water partition coefficient (Wildman–Crippen LogP) is -2.67. The van der Waals surface area contributed by atoms with Gasteiger partial charge in [-0.05, 0) is 10.4 Å². The van der Waals surface area contributed by atoms with Gasteiger partial charge in [-0.3, -0.25) is 0 Å². The fourth-order valence-electron chi connectivity index (χ4n) is 1.61. The fourth-order valence-corrected chi connectivity index (χ4v) is 1.61. The number of aromatic nitrogens is 4. The number of ether oxygens (including phenoxy) is 1. The van der Waals surface area contributed by atoms with Gasteiger partial charge in [-0.15, -0.1) is 0 Å². The summed E-state index contributed by atoms with van der Waals surface area (Å²) in [5.41, 5.74) is 0. The summed E-state index contributed by atoms with van der Waals surface area (Å²) in [6.07, 6.45) is -4.10. The quantitative estimate of drug-likeness (QED) is 0.443. The van der Waals surface area contributed by atoms with E-state index in [4.69, 9.17) is 9.84 Å². The number of hydrogen-bond acceptors (Lipinski definition) is 8. The first-order valence-corrected chi connectivity index (χ1v) is 4.77. The van der Waals surface area contributed by atoms with E-state index in [1.54, 1.807) is 7.05 Å². The molecule has 2 rings (SSSR count). The van der Waals surface area contributed by atoms with Crippen LogP contribution in [0.2, 0.25) is 0 Å². The number of hydrogen-bond donors (Lipinski definition) is 4. The van der Waals surface area contributed by atoms with E-state index < -0.39 is 24.5 Å². The third-order valence-corrected chi connectivity index (χ3v) is 2.47. The molecule has 90 valence electrons. The molecule has 0 radical (unpaired) electrons. The van der Waals surface area contributed by atoms with E-state index in [-0.39, 0.29) is 6.61 Å². The van der Waals surface area contributed by atoms with Crippen molar-refractivity contribution in [2.24, 2.45) is 0 Å². The second kappa shape index (κ2) is 4.29. The maximum absolute atomic E-state index is 9.72. The zero-order chi connectivity index (χ0) is 11.7. The Hall–Kier alpha value is -1.29. The summed E-state index contributed by atoms with van der Waals surface area (Å²) in [6, 6.07) is 0. The molecule has 0 saturated carbocycles. The van der Waals surface area contributed by atoms with Crippen LogP contribution in [0.4, 0.5) is 5.95 Å². The molecule has 0 aliphatic carbocycles. The number of nitrogens with zero attached hydrogens (tertiary/aromatic N) is 4. The van der Waals surface area contributed by atoms with E-state index >= 15 is 0 Å². The molecule has 0 spiro atoms. The van der Waals surface area contributed by atoms with Crippen molar-refractivity contribution in [3.8, 4) is 0 Å². The highest BCUT2D eigenvalue weighted by Gasteiger charge is 2.44. The standard InChI is InChI=1S/C7H13N5O4/c1-8-7-9-10-11-12(7)6-5(15)4(14)3(2-13)16-6/h3-6,13-15H,2H2,1H3,(H,8,9,11)/t3-,4+,5-,6+/m0/s1. The lowest BCUT2D eigenvalue weighted by molar-refractivity contribution is -0.0583. The molecule has 1 aromatic heterocycles. The minimum Gasteiger partial charge on any atom is -0.394 e. The first-order chi connectivity index (χ1) is 7.69. The number of aliphatic hydroxyl groups is 3. The van der Waals surface area contributed by atoms with Crippen LogP contribution in [0.3, 0.4) is 0 Å². The van der Waals surface area contributed by atoms with E-state index in [0.29, 0.717) is 5.95 Å². The zero-order valence-electron chi connectivity index (χ0n) is 8.56. The molecular formula is C7H13N5O4. The lowest BCUT2D eigenvalue weighted by atomic mass is 10.1. The summed E-state index contributed by atoms with van der Waals surface area (Å²) in [5.74, 6) is 0.301. The van der Waals surface area contributed by atoms with Gasteiger partial charge in [-0.1, -0.05) is 5.10 Å². The lowest BCUT2D eigenvalue weighted by Gasteiger charge is -2.15. The number of tetrazole rings is 1. The molecule has 1 aliphatic heterocycles. The topological polar surface area (TPSA) is 126 Å². The van der Waals surface area contributed by atoms with Crippen LogP contribution in [-0.4, -0.2) is 67.5 Å². The minimum atomic E-state index is -1.19. The van der Waals surface area contributed by atoms with Crippen LogP contribution in [0.25, 0.3) is 0 Å². The summed E-state index contributed by atoms with van der Waals surface area (Å²) >= 11 is 0. The molecule has 9 nitrogen and oxygen atoms in total.